The Labute approximate surface area is 200 Å². The largest absolute Gasteiger partial charge is 0.387 e. The van der Waals surface area contributed by atoms with Gasteiger partial charge in [0.05, 0.1) is 11.5 Å². The van der Waals surface area contributed by atoms with E-state index in [2.05, 4.69) is 15.0 Å². The minimum absolute atomic E-state index is 0.163. The summed E-state index contributed by atoms with van der Waals surface area (Å²) < 4.78 is 0. The third-order valence-corrected chi connectivity index (χ3v) is 7.67. The number of nitrogens with zero attached hydrogens (tertiary/aromatic N) is 5. The lowest BCUT2D eigenvalue weighted by molar-refractivity contribution is -0.147. The molecule has 1 atom stereocenters. The van der Waals surface area contributed by atoms with E-state index in [0.717, 1.165) is 55.6 Å². The third kappa shape index (κ3) is 4.57. The molecule has 5 N–H and O–H groups in total. The smallest absolute Gasteiger partial charge is 0.233 e. The lowest BCUT2D eigenvalue weighted by Crippen LogP contribution is -2.53. The number of likely N-dealkylation sites (tertiary alicyclic amines) is 2. The van der Waals surface area contributed by atoms with Crippen molar-refractivity contribution in [2.45, 2.75) is 58.5 Å². The molecular formula is C24H35N7O3. The van der Waals surface area contributed by atoms with E-state index in [0.29, 0.717) is 37.4 Å². The average molecular weight is 470 g/mol. The number of hydrazine groups is 1. The molecule has 0 saturated carbocycles. The van der Waals surface area contributed by atoms with Crippen LogP contribution in [0.4, 0.5) is 5.82 Å². The number of anilines is 1. The zero-order valence-corrected chi connectivity index (χ0v) is 20.0. The summed E-state index contributed by atoms with van der Waals surface area (Å²) in [5, 5.41) is 15.5. The number of carbonyl (C=O) groups excluding carboxylic acids is 2. The maximum absolute atomic E-state index is 13.5. The van der Waals surface area contributed by atoms with Crippen molar-refractivity contribution in [2.24, 2.45) is 22.2 Å². The molecule has 2 aliphatic heterocycles. The van der Waals surface area contributed by atoms with Crippen LogP contribution >= 0.6 is 0 Å². The van der Waals surface area contributed by atoms with E-state index >= 15 is 0 Å². The lowest BCUT2D eigenvalue weighted by Gasteiger charge is -2.47. The first kappa shape index (κ1) is 24.3. The van der Waals surface area contributed by atoms with Crippen LogP contribution in [0.25, 0.3) is 0 Å². The van der Waals surface area contributed by atoms with Crippen molar-refractivity contribution in [3.05, 3.63) is 34.7 Å². The first-order valence-electron chi connectivity index (χ1n) is 12.0. The van der Waals surface area contributed by atoms with Crippen molar-refractivity contribution < 1.29 is 14.7 Å². The maximum atomic E-state index is 13.5. The molecule has 2 saturated heterocycles. The fourth-order valence-electron chi connectivity index (χ4n) is 5.59. The van der Waals surface area contributed by atoms with Crippen LogP contribution in [0.1, 0.15) is 62.8 Å². The lowest BCUT2D eigenvalue weighted by atomic mass is 9.71. The summed E-state index contributed by atoms with van der Waals surface area (Å²) >= 11 is 0. The van der Waals surface area contributed by atoms with E-state index in [1.165, 1.54) is 11.3 Å². The van der Waals surface area contributed by atoms with Gasteiger partial charge in [0.2, 0.25) is 5.91 Å². The quantitative estimate of drug-likeness (QED) is 0.245. The number of pyridine rings is 1. The van der Waals surface area contributed by atoms with Crippen molar-refractivity contribution in [3.8, 4) is 0 Å². The van der Waals surface area contributed by atoms with Gasteiger partial charge in [-0.2, -0.15) is 5.10 Å². The second-order valence-electron chi connectivity index (χ2n) is 9.67. The van der Waals surface area contributed by atoms with Crippen molar-refractivity contribution in [3.63, 3.8) is 0 Å². The van der Waals surface area contributed by atoms with Crippen LogP contribution < -0.4 is 16.7 Å². The topological polar surface area (TPSA) is 141 Å². The fourth-order valence-corrected chi connectivity index (χ4v) is 5.59. The number of aromatic nitrogens is 1. The SMILES string of the molecule is CC1=C(N2CCCC3(CCN(CC(O)c4ccc(N(N)/C=N\N)nc4C)CC3)C2=O)CCC1=O. The second kappa shape index (κ2) is 9.81. The van der Waals surface area contributed by atoms with Gasteiger partial charge < -0.3 is 20.7 Å². The molecule has 1 amide bonds. The van der Waals surface area contributed by atoms with Gasteiger partial charge in [-0.25, -0.2) is 15.8 Å². The molecule has 0 bridgehead atoms. The predicted octanol–water partition coefficient (Wildman–Crippen LogP) is 1.35. The number of aryl methyl sites for hydroxylation is 1. The van der Waals surface area contributed by atoms with Gasteiger partial charge in [-0.3, -0.25) is 9.59 Å². The fraction of sp³-hybridized carbons (Fsp3) is 0.583. The number of carbonyl (C=O) groups is 2. The van der Waals surface area contributed by atoms with E-state index < -0.39 is 6.10 Å². The van der Waals surface area contributed by atoms with Crippen LogP contribution in [-0.2, 0) is 9.59 Å². The molecule has 1 spiro atoms. The Bertz CT molecular complexity index is 1010. The van der Waals surface area contributed by atoms with Crippen molar-refractivity contribution in [2.75, 3.05) is 31.2 Å². The number of Topliss-reactive ketones (excluding diaryl/α,β-unsaturated/α-hetero) is 1. The zero-order valence-electron chi connectivity index (χ0n) is 20.0. The van der Waals surface area contributed by atoms with Gasteiger partial charge >= 0.3 is 0 Å². The summed E-state index contributed by atoms with van der Waals surface area (Å²) in [7, 11) is 0. The van der Waals surface area contributed by atoms with Crippen LogP contribution in [0, 0.1) is 12.3 Å². The molecule has 10 nitrogen and oxygen atoms in total. The number of hydrogen-bond donors (Lipinski definition) is 3. The first-order valence-corrected chi connectivity index (χ1v) is 12.0. The standard InChI is InChI=1S/C24H35N7O3/c1-16-19(5-6-20(16)32)30-11-3-8-24(23(30)34)9-12-29(13-10-24)14-21(33)18-4-7-22(28-17(18)2)31(26)15-27-25/h4,7,15,21,33H,3,5-6,8-14,25-26H2,1-2H3/b27-15-. The second-order valence-corrected chi connectivity index (χ2v) is 9.67. The van der Waals surface area contributed by atoms with Gasteiger partial charge in [-0.15, -0.1) is 0 Å². The Kier molecular flexibility index (Phi) is 7.01. The Hall–Kier alpha value is -2.82. The minimum atomic E-state index is -0.694. The van der Waals surface area contributed by atoms with Crippen molar-refractivity contribution in [1.29, 1.82) is 0 Å². The molecule has 4 rings (SSSR count). The summed E-state index contributed by atoms with van der Waals surface area (Å²) in [5.41, 5.74) is 2.77. The van der Waals surface area contributed by atoms with Gasteiger partial charge in [0, 0.05) is 42.0 Å². The molecule has 184 valence electrons. The summed E-state index contributed by atoms with van der Waals surface area (Å²) in [6.45, 7) is 6.38. The van der Waals surface area contributed by atoms with Gasteiger partial charge in [0.1, 0.15) is 12.2 Å². The predicted molar refractivity (Wildman–Crippen MR) is 129 cm³/mol. The highest BCUT2D eigenvalue weighted by atomic mass is 16.3. The van der Waals surface area contributed by atoms with E-state index in [4.69, 9.17) is 11.7 Å². The average Bonchev–Trinajstić information content (AvgIpc) is 3.15. The maximum Gasteiger partial charge on any atom is 0.233 e. The number of aliphatic hydroxyl groups is 1. The molecule has 1 aliphatic carbocycles. The molecule has 0 radical (unpaired) electrons. The Morgan fingerprint density at radius 3 is 2.56 bits per heavy atom. The number of piperidine rings is 2. The number of hydrogen-bond acceptors (Lipinski definition) is 8. The van der Waals surface area contributed by atoms with Crippen LogP contribution in [0.3, 0.4) is 0 Å². The minimum Gasteiger partial charge on any atom is -0.387 e. The number of hydrazone groups is 1. The summed E-state index contributed by atoms with van der Waals surface area (Å²) in [6, 6.07) is 3.54. The normalized spacial score (nSPS) is 22.3. The summed E-state index contributed by atoms with van der Waals surface area (Å²) in [6.07, 6.45) is 5.16. The Morgan fingerprint density at radius 1 is 1.21 bits per heavy atom. The number of ketones is 1. The zero-order chi connectivity index (χ0) is 24.5. The van der Waals surface area contributed by atoms with Gasteiger partial charge in [-0.05, 0) is 65.1 Å². The summed E-state index contributed by atoms with van der Waals surface area (Å²) in [4.78, 5) is 34.1. The molecule has 2 fully saturated rings. The highest BCUT2D eigenvalue weighted by Crippen LogP contribution is 2.43. The molecular weight excluding hydrogens is 434 g/mol. The van der Waals surface area contributed by atoms with Crippen LogP contribution in [0.5, 0.6) is 0 Å². The van der Waals surface area contributed by atoms with Crippen molar-refractivity contribution >= 4 is 23.8 Å². The molecule has 1 aromatic rings. The van der Waals surface area contributed by atoms with Crippen LogP contribution in [0.15, 0.2) is 28.5 Å². The van der Waals surface area contributed by atoms with Gasteiger partial charge in [-0.1, -0.05) is 6.07 Å². The monoisotopic (exact) mass is 469 g/mol. The highest BCUT2D eigenvalue weighted by Gasteiger charge is 2.47. The number of aliphatic hydroxyl groups excluding tert-OH is 1. The number of nitrogens with two attached hydrogens (primary N) is 2. The van der Waals surface area contributed by atoms with E-state index in [1.54, 1.807) is 6.07 Å². The van der Waals surface area contributed by atoms with Gasteiger partial charge in [0.15, 0.2) is 5.78 Å². The molecule has 0 aromatic carbocycles. The molecule has 34 heavy (non-hydrogen) atoms. The van der Waals surface area contributed by atoms with E-state index in [9.17, 15) is 14.7 Å². The number of β-amino-alcohol motifs (C(OH)–C–C–N with tert-alkyl or cyclic N) is 1. The van der Waals surface area contributed by atoms with E-state index in [-0.39, 0.29) is 17.1 Å². The Morgan fingerprint density at radius 2 is 1.94 bits per heavy atom. The van der Waals surface area contributed by atoms with Crippen LogP contribution in [0.2, 0.25) is 0 Å². The number of amides is 1. The van der Waals surface area contributed by atoms with Crippen LogP contribution in [-0.4, -0.2) is 64.1 Å². The Balaban J connectivity index is 1.38. The molecule has 3 aliphatic rings. The van der Waals surface area contributed by atoms with Gasteiger partial charge in [0.25, 0.3) is 0 Å². The highest BCUT2D eigenvalue weighted by molar-refractivity contribution is 5.99. The number of allylic oxidation sites excluding steroid dienone is 2. The molecule has 1 unspecified atom stereocenters. The first-order chi connectivity index (χ1) is 16.3. The molecule has 1 aromatic heterocycles. The third-order valence-electron chi connectivity index (χ3n) is 7.67. The van der Waals surface area contributed by atoms with Crippen molar-refractivity contribution in [1.82, 2.24) is 14.8 Å². The van der Waals surface area contributed by atoms with E-state index in [1.807, 2.05) is 24.8 Å². The summed E-state index contributed by atoms with van der Waals surface area (Å²) in [5.74, 6) is 11.8. The number of rotatable bonds is 6. The molecule has 3 heterocycles. The molecule has 10 heteroatoms.